The molecule has 1 aromatic carbocycles. The van der Waals surface area contributed by atoms with Crippen LogP contribution in [-0.4, -0.2) is 23.9 Å². The van der Waals surface area contributed by atoms with E-state index < -0.39 is 0 Å². The number of hydrogen-bond donors (Lipinski definition) is 0. The quantitative estimate of drug-likeness (QED) is 0.813. The van der Waals surface area contributed by atoms with Gasteiger partial charge in [-0.25, -0.2) is 9.97 Å². The largest absolute Gasteiger partial charge is 0.493 e. The molecule has 5 nitrogen and oxygen atoms in total. The molecular formula is C15H13ClN2O3. The van der Waals surface area contributed by atoms with Crippen molar-refractivity contribution < 1.29 is 14.2 Å². The van der Waals surface area contributed by atoms with E-state index in [0.717, 1.165) is 24.1 Å². The van der Waals surface area contributed by atoms with Gasteiger partial charge in [-0.15, -0.1) is 0 Å². The van der Waals surface area contributed by atoms with Crippen LogP contribution in [0.15, 0.2) is 18.2 Å². The summed E-state index contributed by atoms with van der Waals surface area (Å²) < 4.78 is 16.2. The van der Waals surface area contributed by atoms with E-state index in [9.17, 15) is 0 Å². The normalized spacial score (nSPS) is 16.1. The monoisotopic (exact) mass is 304 g/mol. The Morgan fingerprint density at radius 2 is 2.05 bits per heavy atom. The van der Waals surface area contributed by atoms with E-state index in [-0.39, 0.29) is 6.79 Å². The molecule has 1 saturated carbocycles. The topological polar surface area (TPSA) is 53.5 Å². The summed E-state index contributed by atoms with van der Waals surface area (Å²) in [7, 11) is 1.59. The van der Waals surface area contributed by atoms with Crippen LogP contribution in [0.3, 0.4) is 0 Å². The third-order valence-electron chi connectivity index (χ3n) is 3.63. The van der Waals surface area contributed by atoms with Crippen LogP contribution in [0.4, 0.5) is 0 Å². The molecule has 1 aromatic heterocycles. The minimum absolute atomic E-state index is 0.193. The number of rotatable bonds is 3. The standard InChI is InChI=1S/C15H13ClN2O3/c1-19-11-4-9(5-12-14(11)21-7-20-12)15-17-10(8-2-3-8)6-13(16)18-15/h4-6,8H,2-3,7H2,1H3. The van der Waals surface area contributed by atoms with Crippen LogP contribution in [0.5, 0.6) is 17.2 Å². The zero-order chi connectivity index (χ0) is 14.4. The highest BCUT2D eigenvalue weighted by atomic mass is 35.5. The summed E-state index contributed by atoms with van der Waals surface area (Å²) in [5.74, 6) is 2.96. The first-order chi connectivity index (χ1) is 10.2. The van der Waals surface area contributed by atoms with Gasteiger partial charge in [-0.05, 0) is 31.0 Å². The molecule has 2 aliphatic rings. The molecule has 1 aliphatic carbocycles. The lowest BCUT2D eigenvalue weighted by Gasteiger charge is -2.09. The molecule has 0 spiro atoms. The maximum atomic E-state index is 6.12. The van der Waals surface area contributed by atoms with Crippen molar-refractivity contribution in [3.05, 3.63) is 29.0 Å². The Morgan fingerprint density at radius 1 is 1.19 bits per heavy atom. The van der Waals surface area contributed by atoms with Gasteiger partial charge in [0.1, 0.15) is 5.15 Å². The molecule has 108 valence electrons. The SMILES string of the molecule is COc1cc(-c2nc(Cl)cc(C3CC3)n2)cc2c1OCO2. The Hall–Kier alpha value is -2.01. The lowest BCUT2D eigenvalue weighted by Crippen LogP contribution is -1.96. The number of nitrogens with zero attached hydrogens (tertiary/aromatic N) is 2. The predicted octanol–water partition coefficient (Wildman–Crippen LogP) is 3.41. The summed E-state index contributed by atoms with van der Waals surface area (Å²) in [6.45, 7) is 0.193. The van der Waals surface area contributed by atoms with Crippen LogP contribution in [-0.2, 0) is 0 Å². The van der Waals surface area contributed by atoms with E-state index in [1.54, 1.807) is 7.11 Å². The number of halogens is 1. The molecule has 0 unspecified atom stereocenters. The first-order valence-corrected chi connectivity index (χ1v) is 7.15. The lowest BCUT2D eigenvalue weighted by molar-refractivity contribution is 0.171. The van der Waals surface area contributed by atoms with Gasteiger partial charge in [-0.2, -0.15) is 0 Å². The van der Waals surface area contributed by atoms with Gasteiger partial charge in [0, 0.05) is 17.2 Å². The number of aromatic nitrogens is 2. The van der Waals surface area contributed by atoms with E-state index in [1.807, 2.05) is 18.2 Å². The van der Waals surface area contributed by atoms with Gasteiger partial charge >= 0.3 is 0 Å². The van der Waals surface area contributed by atoms with Crippen molar-refractivity contribution in [2.24, 2.45) is 0 Å². The van der Waals surface area contributed by atoms with Crippen molar-refractivity contribution in [3.63, 3.8) is 0 Å². The molecule has 6 heteroatoms. The number of hydrogen-bond acceptors (Lipinski definition) is 5. The Morgan fingerprint density at radius 3 is 2.81 bits per heavy atom. The third-order valence-corrected chi connectivity index (χ3v) is 3.82. The molecule has 0 amide bonds. The van der Waals surface area contributed by atoms with Crippen LogP contribution in [0.2, 0.25) is 5.15 Å². The Bertz CT molecular complexity index is 716. The van der Waals surface area contributed by atoms with E-state index in [1.165, 1.54) is 0 Å². The second kappa shape index (κ2) is 4.77. The highest BCUT2D eigenvalue weighted by molar-refractivity contribution is 6.29. The summed E-state index contributed by atoms with van der Waals surface area (Å²) in [6.07, 6.45) is 2.33. The van der Waals surface area contributed by atoms with E-state index in [2.05, 4.69) is 9.97 Å². The molecule has 21 heavy (non-hydrogen) atoms. The van der Waals surface area contributed by atoms with Crippen molar-refractivity contribution >= 4 is 11.6 Å². The number of methoxy groups -OCH3 is 1. The summed E-state index contributed by atoms with van der Waals surface area (Å²) in [5.41, 5.74) is 1.81. The highest BCUT2D eigenvalue weighted by Crippen LogP contribution is 2.44. The third kappa shape index (κ3) is 2.27. The molecule has 0 radical (unpaired) electrons. The average Bonchev–Trinajstić information content (AvgIpc) is 3.23. The fraction of sp³-hybridized carbons (Fsp3) is 0.333. The maximum absolute atomic E-state index is 6.12. The Labute approximate surface area is 126 Å². The zero-order valence-corrected chi connectivity index (χ0v) is 12.2. The number of benzene rings is 1. The summed E-state index contributed by atoms with van der Waals surface area (Å²) in [4.78, 5) is 8.94. The van der Waals surface area contributed by atoms with E-state index in [4.69, 9.17) is 25.8 Å². The molecule has 1 fully saturated rings. The van der Waals surface area contributed by atoms with Gasteiger partial charge in [-0.1, -0.05) is 11.6 Å². The van der Waals surface area contributed by atoms with Gasteiger partial charge in [0.25, 0.3) is 0 Å². The fourth-order valence-corrected chi connectivity index (χ4v) is 2.60. The Balaban J connectivity index is 1.83. The summed E-state index contributed by atoms with van der Waals surface area (Å²) in [5, 5.41) is 0.457. The van der Waals surface area contributed by atoms with Gasteiger partial charge in [0.2, 0.25) is 12.5 Å². The van der Waals surface area contributed by atoms with Crippen molar-refractivity contribution in [1.82, 2.24) is 9.97 Å². The van der Waals surface area contributed by atoms with Gasteiger partial charge in [0.05, 0.1) is 7.11 Å². The van der Waals surface area contributed by atoms with Crippen LogP contribution in [0.1, 0.15) is 24.5 Å². The second-order valence-corrected chi connectivity index (χ2v) is 5.51. The molecule has 0 saturated heterocycles. The van der Waals surface area contributed by atoms with Gasteiger partial charge in [0.15, 0.2) is 17.3 Å². The molecule has 0 atom stereocenters. The van der Waals surface area contributed by atoms with Gasteiger partial charge in [-0.3, -0.25) is 0 Å². The van der Waals surface area contributed by atoms with E-state index >= 15 is 0 Å². The molecule has 1 aliphatic heterocycles. The molecule has 0 bridgehead atoms. The molecular weight excluding hydrogens is 292 g/mol. The minimum Gasteiger partial charge on any atom is -0.493 e. The van der Waals surface area contributed by atoms with Crippen molar-refractivity contribution in [1.29, 1.82) is 0 Å². The minimum atomic E-state index is 0.193. The Kier molecular flexibility index (Phi) is 2.89. The summed E-state index contributed by atoms with van der Waals surface area (Å²) >= 11 is 6.12. The highest BCUT2D eigenvalue weighted by Gasteiger charge is 2.27. The summed E-state index contributed by atoms with van der Waals surface area (Å²) in [6, 6.07) is 5.54. The predicted molar refractivity (Wildman–Crippen MR) is 77.1 cm³/mol. The fourth-order valence-electron chi connectivity index (χ4n) is 2.41. The zero-order valence-electron chi connectivity index (χ0n) is 11.4. The molecule has 4 rings (SSSR count). The molecule has 0 N–H and O–H groups in total. The second-order valence-electron chi connectivity index (χ2n) is 5.13. The van der Waals surface area contributed by atoms with Crippen LogP contribution in [0, 0.1) is 0 Å². The van der Waals surface area contributed by atoms with Crippen LogP contribution in [0.25, 0.3) is 11.4 Å². The smallest absolute Gasteiger partial charge is 0.231 e. The van der Waals surface area contributed by atoms with E-state index in [0.29, 0.717) is 34.1 Å². The number of fused-ring (bicyclic) bond motifs is 1. The first kappa shape index (κ1) is 12.7. The maximum Gasteiger partial charge on any atom is 0.231 e. The molecule has 2 heterocycles. The number of ether oxygens (including phenoxy) is 3. The van der Waals surface area contributed by atoms with Gasteiger partial charge < -0.3 is 14.2 Å². The lowest BCUT2D eigenvalue weighted by atomic mass is 10.1. The van der Waals surface area contributed by atoms with Crippen LogP contribution >= 0.6 is 11.6 Å². The van der Waals surface area contributed by atoms with Crippen molar-refractivity contribution in [2.45, 2.75) is 18.8 Å². The first-order valence-electron chi connectivity index (χ1n) is 6.77. The van der Waals surface area contributed by atoms with Crippen molar-refractivity contribution in [3.8, 4) is 28.6 Å². The average molecular weight is 305 g/mol. The van der Waals surface area contributed by atoms with Crippen molar-refractivity contribution in [2.75, 3.05) is 13.9 Å². The van der Waals surface area contributed by atoms with Crippen LogP contribution < -0.4 is 14.2 Å². The molecule has 2 aromatic rings.